The smallest absolute Gasteiger partial charge is 0.424 e. The van der Waals surface area contributed by atoms with Gasteiger partial charge in [-0.2, -0.15) is 13.2 Å². The number of rotatable bonds is 8. The lowest BCUT2D eigenvalue weighted by atomic mass is 9.81. The summed E-state index contributed by atoms with van der Waals surface area (Å²) in [5.74, 6) is -3.00. The number of aromatic nitrogens is 2. The summed E-state index contributed by atoms with van der Waals surface area (Å²) < 4.78 is 63.7. The SMILES string of the molecule is C[C@H](N)C(=O)Nc1nc2ccc(C(=O)NCC(O)(c3cc4c(c(-c5ccc(F)cc5)n3)OC[C@]4(C)C(N)=O)C(F)(F)F)cc2s1. The van der Waals surface area contributed by atoms with E-state index < -0.39 is 59.0 Å². The minimum atomic E-state index is -5.38. The number of amides is 3. The third-order valence-electron chi connectivity index (χ3n) is 7.43. The fourth-order valence-electron chi connectivity index (χ4n) is 4.59. The molecule has 0 fully saturated rings. The molecule has 236 valence electrons. The number of alkyl halides is 3. The van der Waals surface area contributed by atoms with Crippen LogP contribution in [0.5, 0.6) is 5.75 Å². The van der Waals surface area contributed by atoms with Gasteiger partial charge in [0.1, 0.15) is 29.3 Å². The molecule has 3 amide bonds. The van der Waals surface area contributed by atoms with Crippen molar-refractivity contribution in [3.05, 3.63) is 71.2 Å². The van der Waals surface area contributed by atoms with Crippen molar-refractivity contribution in [3.8, 4) is 17.0 Å². The summed E-state index contributed by atoms with van der Waals surface area (Å²) in [7, 11) is 0. The fourth-order valence-corrected chi connectivity index (χ4v) is 5.50. The first-order chi connectivity index (χ1) is 21.0. The average molecular weight is 647 g/mol. The van der Waals surface area contributed by atoms with Crippen molar-refractivity contribution in [1.82, 2.24) is 15.3 Å². The van der Waals surface area contributed by atoms with E-state index in [1.807, 2.05) is 0 Å². The van der Waals surface area contributed by atoms with Crippen LogP contribution in [0.3, 0.4) is 0 Å². The Morgan fingerprint density at radius 1 is 1.13 bits per heavy atom. The lowest BCUT2D eigenvalue weighted by molar-refractivity contribution is -0.265. The van der Waals surface area contributed by atoms with Gasteiger partial charge in [-0.25, -0.2) is 14.4 Å². The molecule has 0 spiro atoms. The van der Waals surface area contributed by atoms with Gasteiger partial charge < -0.3 is 31.9 Å². The molecule has 0 bridgehead atoms. The second-order valence-electron chi connectivity index (χ2n) is 10.7. The molecular formula is C29H26F4N6O5S. The highest BCUT2D eigenvalue weighted by molar-refractivity contribution is 7.22. The monoisotopic (exact) mass is 646 g/mol. The molecule has 3 atom stereocenters. The fraction of sp³-hybridized carbons (Fsp3) is 0.276. The van der Waals surface area contributed by atoms with Gasteiger partial charge in [-0.15, -0.1) is 0 Å². The minimum Gasteiger partial charge on any atom is -0.489 e. The summed E-state index contributed by atoms with van der Waals surface area (Å²) in [6.45, 7) is 1.18. The lowest BCUT2D eigenvalue weighted by Gasteiger charge is -2.31. The van der Waals surface area contributed by atoms with Gasteiger partial charge >= 0.3 is 6.18 Å². The van der Waals surface area contributed by atoms with Crippen molar-refractivity contribution in [2.75, 3.05) is 18.5 Å². The van der Waals surface area contributed by atoms with E-state index in [0.717, 1.165) is 29.5 Å². The van der Waals surface area contributed by atoms with Gasteiger partial charge in [0.15, 0.2) is 5.13 Å². The Kier molecular flexibility index (Phi) is 8.01. The molecule has 0 aliphatic carbocycles. The quantitative estimate of drug-likeness (QED) is 0.181. The van der Waals surface area contributed by atoms with Gasteiger partial charge in [-0.05, 0) is 62.4 Å². The number of aliphatic hydroxyl groups is 1. The number of carbonyl (C=O) groups excluding carboxylic acids is 3. The van der Waals surface area contributed by atoms with Crippen LogP contribution in [0.25, 0.3) is 21.5 Å². The van der Waals surface area contributed by atoms with Crippen LogP contribution in [-0.2, 0) is 20.6 Å². The molecule has 2 aromatic heterocycles. The largest absolute Gasteiger partial charge is 0.489 e. The average Bonchev–Trinajstić information content (AvgIpc) is 3.55. The standard InChI is InChI=1S/C29H26F4N6O5S/c1-13(34)23(40)39-26-37-18-8-5-15(9-19(18)45-26)24(41)36-11-28(43,29(31,32)33)20-10-17-22(44-12-27(17,2)25(35)42)21(38-20)14-3-6-16(30)7-4-14/h3-10,13,43H,11-12,34H2,1-2H3,(H2,35,42)(H,36,41)(H,37,39,40)/t13-,27-,28?/m0/s1. The Bertz CT molecular complexity index is 1830. The Morgan fingerprint density at radius 2 is 1.82 bits per heavy atom. The van der Waals surface area contributed by atoms with E-state index in [9.17, 15) is 37.1 Å². The number of nitrogens with one attached hydrogen (secondary N) is 2. The van der Waals surface area contributed by atoms with Crippen molar-refractivity contribution < 1.29 is 41.8 Å². The van der Waals surface area contributed by atoms with Crippen LogP contribution in [0.4, 0.5) is 22.7 Å². The summed E-state index contributed by atoms with van der Waals surface area (Å²) in [6.07, 6.45) is -5.38. The maximum absolute atomic E-state index is 14.6. The van der Waals surface area contributed by atoms with Crippen LogP contribution in [0.15, 0.2) is 48.5 Å². The minimum absolute atomic E-state index is 0.0467. The predicted octanol–water partition coefficient (Wildman–Crippen LogP) is 3.10. The number of primary amides is 1. The van der Waals surface area contributed by atoms with Crippen LogP contribution in [0.2, 0.25) is 0 Å². The van der Waals surface area contributed by atoms with Crippen molar-refractivity contribution in [2.45, 2.75) is 37.1 Å². The third kappa shape index (κ3) is 5.79. The number of nitrogens with two attached hydrogens (primary N) is 2. The Hall–Kier alpha value is -4.67. The normalized spacial score (nSPS) is 18.0. The number of hydrogen-bond acceptors (Lipinski definition) is 9. The van der Waals surface area contributed by atoms with E-state index in [1.165, 1.54) is 44.2 Å². The molecule has 16 heteroatoms. The van der Waals surface area contributed by atoms with Crippen molar-refractivity contribution in [2.24, 2.45) is 11.5 Å². The Morgan fingerprint density at radius 3 is 2.44 bits per heavy atom. The van der Waals surface area contributed by atoms with Crippen LogP contribution < -0.4 is 26.8 Å². The van der Waals surface area contributed by atoms with Gasteiger partial charge in [0.2, 0.25) is 17.4 Å². The van der Waals surface area contributed by atoms with E-state index >= 15 is 0 Å². The first-order valence-electron chi connectivity index (χ1n) is 13.3. The maximum Gasteiger partial charge on any atom is 0.424 e. The number of nitrogens with zero attached hydrogens (tertiary/aromatic N) is 2. The van der Waals surface area contributed by atoms with Crippen LogP contribution in [-0.4, -0.2) is 58.2 Å². The summed E-state index contributed by atoms with van der Waals surface area (Å²) in [4.78, 5) is 45.6. The van der Waals surface area contributed by atoms with Crippen molar-refractivity contribution in [3.63, 3.8) is 0 Å². The molecule has 1 unspecified atom stereocenters. The van der Waals surface area contributed by atoms with E-state index in [1.54, 1.807) is 0 Å². The first-order valence-corrected chi connectivity index (χ1v) is 14.1. The summed E-state index contributed by atoms with van der Waals surface area (Å²) in [5.41, 5.74) is 5.11. The van der Waals surface area contributed by atoms with Gasteiger partial charge in [-0.3, -0.25) is 14.4 Å². The molecular weight excluding hydrogens is 620 g/mol. The van der Waals surface area contributed by atoms with Crippen molar-refractivity contribution in [1.29, 1.82) is 0 Å². The van der Waals surface area contributed by atoms with Gasteiger partial charge in [0, 0.05) is 16.7 Å². The number of hydrogen-bond donors (Lipinski definition) is 5. The molecule has 0 radical (unpaired) electrons. The molecule has 5 rings (SSSR count). The Balaban J connectivity index is 1.50. The van der Waals surface area contributed by atoms with Crippen LogP contribution in [0, 0.1) is 5.82 Å². The molecule has 2 aromatic carbocycles. The van der Waals surface area contributed by atoms with Crippen LogP contribution in [0.1, 0.15) is 35.5 Å². The Labute approximate surface area is 256 Å². The molecule has 45 heavy (non-hydrogen) atoms. The summed E-state index contributed by atoms with van der Waals surface area (Å²) in [6, 6.07) is 8.83. The van der Waals surface area contributed by atoms with E-state index in [0.29, 0.717) is 10.2 Å². The number of pyridine rings is 1. The number of thiazole rings is 1. The molecule has 0 saturated heterocycles. The first kappa shape index (κ1) is 31.7. The molecule has 11 nitrogen and oxygen atoms in total. The maximum atomic E-state index is 14.6. The highest BCUT2D eigenvalue weighted by Crippen LogP contribution is 2.47. The lowest BCUT2D eigenvalue weighted by Crippen LogP contribution is -2.51. The van der Waals surface area contributed by atoms with Gasteiger partial charge in [-0.1, -0.05) is 11.3 Å². The number of anilines is 1. The van der Waals surface area contributed by atoms with Crippen LogP contribution >= 0.6 is 11.3 Å². The number of fused-ring (bicyclic) bond motifs is 2. The summed E-state index contributed by atoms with van der Waals surface area (Å²) >= 11 is 1.02. The molecule has 1 aliphatic rings. The number of benzene rings is 2. The highest BCUT2D eigenvalue weighted by Gasteiger charge is 2.57. The molecule has 1 aliphatic heterocycles. The van der Waals surface area contributed by atoms with E-state index in [2.05, 4.69) is 20.6 Å². The van der Waals surface area contributed by atoms with Gasteiger partial charge in [0.05, 0.1) is 28.5 Å². The number of halogens is 4. The van der Waals surface area contributed by atoms with Gasteiger partial charge in [0.25, 0.3) is 5.91 Å². The highest BCUT2D eigenvalue weighted by atomic mass is 32.1. The molecule has 3 heterocycles. The second-order valence-corrected chi connectivity index (χ2v) is 11.8. The zero-order valence-electron chi connectivity index (χ0n) is 23.7. The summed E-state index contributed by atoms with van der Waals surface area (Å²) in [5, 5.41) is 16.1. The number of ether oxygens (including phenoxy) is 1. The zero-order valence-corrected chi connectivity index (χ0v) is 24.5. The number of carbonyl (C=O) groups is 3. The second kappa shape index (κ2) is 11.4. The topological polar surface area (TPSA) is 183 Å². The third-order valence-corrected chi connectivity index (χ3v) is 8.36. The zero-order chi connectivity index (χ0) is 32.9. The van der Waals surface area contributed by atoms with E-state index in [4.69, 9.17) is 16.2 Å². The van der Waals surface area contributed by atoms with E-state index in [-0.39, 0.29) is 39.9 Å². The van der Waals surface area contributed by atoms with Crippen molar-refractivity contribution >= 4 is 44.4 Å². The molecule has 4 aromatic rings. The predicted molar refractivity (Wildman–Crippen MR) is 156 cm³/mol. The molecule has 0 saturated carbocycles. The molecule has 7 N–H and O–H groups in total.